The molecule has 0 aromatic carbocycles. The van der Waals surface area contributed by atoms with E-state index in [1.54, 1.807) is 6.92 Å². The largest absolute Gasteiger partial charge is 0.382 e. The van der Waals surface area contributed by atoms with Crippen molar-refractivity contribution >= 4 is 5.78 Å². The van der Waals surface area contributed by atoms with Crippen LogP contribution in [0.15, 0.2) is 0 Å². The fourth-order valence-electron chi connectivity index (χ4n) is 1.40. The first-order chi connectivity index (χ1) is 4.02. The minimum absolute atomic E-state index is 0.00463. The average Bonchev–Trinajstić information content (AvgIpc) is 1.79. The number of hydrogen-bond acceptors (Lipinski definition) is 2. The lowest BCUT2D eigenvalue weighted by molar-refractivity contribution is -0.131. The first-order valence-electron chi connectivity index (χ1n) is 3.28. The highest BCUT2D eigenvalue weighted by molar-refractivity contribution is 5.88. The van der Waals surface area contributed by atoms with Gasteiger partial charge in [0.05, 0.1) is 0 Å². The highest BCUT2D eigenvalue weighted by Crippen LogP contribution is 2.30. The first-order valence-corrected chi connectivity index (χ1v) is 3.28. The molecule has 0 heterocycles. The maximum atomic E-state index is 10.9. The number of ketones is 1. The van der Waals surface area contributed by atoms with Crippen LogP contribution in [0.1, 0.15) is 26.7 Å². The van der Waals surface area contributed by atoms with Crippen LogP contribution < -0.4 is 0 Å². The highest BCUT2D eigenvalue weighted by atomic mass is 16.3. The summed E-state index contributed by atoms with van der Waals surface area (Å²) in [6, 6.07) is 0. The predicted octanol–water partition coefficient (Wildman–Crippen LogP) is 0.736. The molecule has 0 amide bonds. The number of hydrogen-bond donors (Lipinski definition) is 1. The van der Waals surface area contributed by atoms with Crippen molar-refractivity contribution in [3.8, 4) is 0 Å². The quantitative estimate of drug-likeness (QED) is 0.522. The molecule has 0 aromatic rings. The molecule has 2 atom stereocenters. The Morgan fingerprint density at radius 3 is 2.44 bits per heavy atom. The minimum atomic E-state index is -1.01. The van der Waals surface area contributed by atoms with E-state index in [4.69, 9.17) is 0 Å². The SMILES string of the molecule is CC1CC(=O)C(C)(O)C1. The Hall–Kier alpha value is -0.370. The molecule has 1 aliphatic carbocycles. The third-order valence-corrected chi connectivity index (χ3v) is 1.88. The summed E-state index contributed by atoms with van der Waals surface area (Å²) in [6.45, 7) is 3.58. The van der Waals surface area contributed by atoms with Crippen molar-refractivity contribution in [1.82, 2.24) is 0 Å². The molecule has 0 bridgehead atoms. The lowest BCUT2D eigenvalue weighted by Crippen LogP contribution is -2.28. The van der Waals surface area contributed by atoms with E-state index in [1.807, 2.05) is 6.92 Å². The van der Waals surface area contributed by atoms with Crippen molar-refractivity contribution in [2.24, 2.45) is 5.92 Å². The summed E-state index contributed by atoms with van der Waals surface area (Å²) in [5.74, 6) is 0.363. The van der Waals surface area contributed by atoms with Crippen LogP contribution in [-0.4, -0.2) is 16.5 Å². The standard InChI is InChI=1S/C7H12O2/c1-5-3-6(8)7(2,9)4-5/h5,9H,3-4H2,1-2H3. The third kappa shape index (κ3) is 1.13. The first kappa shape index (κ1) is 6.75. The summed E-state index contributed by atoms with van der Waals surface area (Å²) in [5.41, 5.74) is -1.01. The molecule has 0 radical (unpaired) electrons. The van der Waals surface area contributed by atoms with Gasteiger partial charge in [-0.05, 0) is 19.3 Å². The van der Waals surface area contributed by atoms with Crippen LogP contribution in [-0.2, 0) is 4.79 Å². The Morgan fingerprint density at radius 2 is 2.33 bits per heavy atom. The summed E-state index contributed by atoms with van der Waals surface area (Å²) in [5, 5.41) is 9.28. The van der Waals surface area contributed by atoms with E-state index in [2.05, 4.69) is 0 Å². The topological polar surface area (TPSA) is 37.3 Å². The molecular formula is C7H12O2. The van der Waals surface area contributed by atoms with Crippen LogP contribution in [0, 0.1) is 5.92 Å². The van der Waals surface area contributed by atoms with Gasteiger partial charge < -0.3 is 5.11 Å². The predicted molar refractivity (Wildman–Crippen MR) is 34.0 cm³/mol. The molecule has 1 saturated carbocycles. The monoisotopic (exact) mass is 128 g/mol. The molecule has 0 spiro atoms. The van der Waals surface area contributed by atoms with E-state index in [-0.39, 0.29) is 5.78 Å². The molecule has 1 rings (SSSR count). The van der Waals surface area contributed by atoms with E-state index in [0.29, 0.717) is 18.8 Å². The van der Waals surface area contributed by atoms with Gasteiger partial charge >= 0.3 is 0 Å². The molecule has 0 saturated heterocycles. The van der Waals surface area contributed by atoms with Crippen LogP contribution in [0.4, 0.5) is 0 Å². The van der Waals surface area contributed by atoms with Crippen molar-refractivity contribution in [3.05, 3.63) is 0 Å². The summed E-state index contributed by atoms with van der Waals surface area (Å²) in [6.07, 6.45) is 1.18. The molecule has 2 nitrogen and oxygen atoms in total. The van der Waals surface area contributed by atoms with E-state index in [0.717, 1.165) is 0 Å². The summed E-state index contributed by atoms with van der Waals surface area (Å²) in [7, 11) is 0. The lowest BCUT2D eigenvalue weighted by Gasteiger charge is -2.12. The van der Waals surface area contributed by atoms with Gasteiger partial charge in [0, 0.05) is 6.42 Å². The van der Waals surface area contributed by atoms with Gasteiger partial charge in [-0.1, -0.05) is 6.92 Å². The van der Waals surface area contributed by atoms with Gasteiger partial charge in [0.25, 0.3) is 0 Å². The molecule has 2 heteroatoms. The number of carbonyl (C=O) groups excluding carboxylic acids is 1. The average molecular weight is 128 g/mol. The van der Waals surface area contributed by atoms with Gasteiger partial charge in [-0.15, -0.1) is 0 Å². The van der Waals surface area contributed by atoms with Gasteiger partial charge in [-0.2, -0.15) is 0 Å². The van der Waals surface area contributed by atoms with Gasteiger partial charge in [0.1, 0.15) is 5.60 Å². The van der Waals surface area contributed by atoms with E-state index >= 15 is 0 Å². The smallest absolute Gasteiger partial charge is 0.164 e. The van der Waals surface area contributed by atoms with Crippen molar-refractivity contribution in [1.29, 1.82) is 0 Å². The minimum Gasteiger partial charge on any atom is -0.382 e. The van der Waals surface area contributed by atoms with Crippen molar-refractivity contribution in [3.63, 3.8) is 0 Å². The second-order valence-corrected chi connectivity index (χ2v) is 3.21. The Balaban J connectivity index is 2.70. The zero-order valence-corrected chi connectivity index (χ0v) is 5.85. The van der Waals surface area contributed by atoms with E-state index in [1.165, 1.54) is 0 Å². The van der Waals surface area contributed by atoms with Gasteiger partial charge in [0.2, 0.25) is 0 Å². The maximum Gasteiger partial charge on any atom is 0.164 e. The lowest BCUT2D eigenvalue weighted by atomic mass is 10.0. The van der Waals surface area contributed by atoms with Gasteiger partial charge in [-0.25, -0.2) is 0 Å². The van der Waals surface area contributed by atoms with Gasteiger partial charge in [-0.3, -0.25) is 4.79 Å². The van der Waals surface area contributed by atoms with Crippen molar-refractivity contribution in [2.75, 3.05) is 0 Å². The van der Waals surface area contributed by atoms with Crippen LogP contribution >= 0.6 is 0 Å². The van der Waals surface area contributed by atoms with E-state index < -0.39 is 5.60 Å². The molecule has 1 aliphatic rings. The number of aliphatic hydroxyl groups is 1. The van der Waals surface area contributed by atoms with Crippen LogP contribution in [0.3, 0.4) is 0 Å². The molecule has 1 N–H and O–H groups in total. The molecule has 9 heavy (non-hydrogen) atoms. The Kier molecular flexibility index (Phi) is 1.35. The van der Waals surface area contributed by atoms with Crippen LogP contribution in [0.25, 0.3) is 0 Å². The Labute approximate surface area is 54.9 Å². The van der Waals surface area contributed by atoms with Crippen LogP contribution in [0.2, 0.25) is 0 Å². The Bertz CT molecular complexity index is 138. The number of rotatable bonds is 0. The van der Waals surface area contributed by atoms with Crippen molar-refractivity contribution in [2.45, 2.75) is 32.3 Å². The molecular weight excluding hydrogens is 116 g/mol. The van der Waals surface area contributed by atoms with Crippen LogP contribution in [0.5, 0.6) is 0 Å². The number of carbonyl (C=O) groups is 1. The zero-order chi connectivity index (χ0) is 7.07. The molecule has 2 unspecified atom stereocenters. The normalized spacial score (nSPS) is 43.9. The molecule has 0 aromatic heterocycles. The summed E-state index contributed by atoms with van der Waals surface area (Å²) < 4.78 is 0. The van der Waals surface area contributed by atoms with Gasteiger partial charge in [0.15, 0.2) is 5.78 Å². The molecule has 0 aliphatic heterocycles. The fraction of sp³-hybridized carbons (Fsp3) is 0.857. The highest BCUT2D eigenvalue weighted by Gasteiger charge is 2.38. The second kappa shape index (κ2) is 1.81. The molecule has 52 valence electrons. The molecule has 1 fully saturated rings. The maximum absolute atomic E-state index is 10.9. The van der Waals surface area contributed by atoms with Crippen molar-refractivity contribution < 1.29 is 9.90 Å². The summed E-state index contributed by atoms with van der Waals surface area (Å²) in [4.78, 5) is 10.9. The van der Waals surface area contributed by atoms with E-state index in [9.17, 15) is 9.90 Å². The Morgan fingerprint density at radius 1 is 1.78 bits per heavy atom. The third-order valence-electron chi connectivity index (χ3n) is 1.88. The summed E-state index contributed by atoms with van der Waals surface area (Å²) >= 11 is 0. The number of Topliss-reactive ketones (excluding diaryl/α,β-unsaturated/α-hetero) is 1. The second-order valence-electron chi connectivity index (χ2n) is 3.21. The fourth-order valence-corrected chi connectivity index (χ4v) is 1.40. The zero-order valence-electron chi connectivity index (χ0n) is 5.85.